The quantitative estimate of drug-likeness (QED) is 0.397. The molecule has 0 atom stereocenters. The Balaban J connectivity index is 0. The number of carbonyl (C=O) groups is 1. The molecule has 70 valence electrons. The van der Waals surface area contributed by atoms with Crippen LogP contribution < -0.4 is 5.73 Å². The van der Waals surface area contributed by atoms with Crippen LogP contribution in [0.1, 0.15) is 6.92 Å². The number of nitrogens with two attached hydrogens (primary N) is 1. The van der Waals surface area contributed by atoms with E-state index in [0.29, 0.717) is 13.2 Å². The Kier molecular flexibility index (Phi) is 13.4. The van der Waals surface area contributed by atoms with E-state index in [1.165, 1.54) is 6.26 Å². The number of hydrogen-bond donors (Lipinski definition) is 1. The second kappa shape index (κ2) is 12.2. The Bertz CT molecular complexity index is 126. The van der Waals surface area contributed by atoms with Crippen molar-refractivity contribution < 1.29 is 14.3 Å². The summed E-state index contributed by atoms with van der Waals surface area (Å²) in [6, 6.07) is 0. The average molecular weight is 173 g/mol. The van der Waals surface area contributed by atoms with Crippen LogP contribution in [-0.4, -0.2) is 19.3 Å². The normalized spacial score (nSPS) is 7.08. The molecule has 0 fully saturated rings. The smallest absolute Gasteiger partial charge is 0.404 e. The van der Waals surface area contributed by atoms with Gasteiger partial charge in [-0.3, -0.25) is 0 Å². The number of carbonyl (C=O) groups excluding carboxylic acids is 1. The van der Waals surface area contributed by atoms with E-state index in [1.54, 1.807) is 13.0 Å². The number of ether oxygens (including phenoxy) is 2. The molecule has 0 aromatic carbocycles. The standard InChI is InChI=1S/C5H8O.C3H7NO2/c1-3-5-6-4-2;1-2-6-3(4)5/h3-4H,1-2,5H2;2H2,1H3,(H2,4,5). The first kappa shape index (κ1) is 13.2. The molecule has 0 unspecified atom stereocenters. The Morgan fingerprint density at radius 1 is 1.58 bits per heavy atom. The van der Waals surface area contributed by atoms with Crippen molar-refractivity contribution in [3.8, 4) is 0 Å². The van der Waals surface area contributed by atoms with Gasteiger partial charge in [-0.15, -0.1) is 0 Å². The molecule has 0 aromatic heterocycles. The summed E-state index contributed by atoms with van der Waals surface area (Å²) in [7, 11) is 0. The topological polar surface area (TPSA) is 61.6 Å². The molecule has 0 rings (SSSR count). The van der Waals surface area contributed by atoms with E-state index < -0.39 is 6.09 Å². The van der Waals surface area contributed by atoms with Crippen molar-refractivity contribution in [2.24, 2.45) is 5.73 Å². The molecule has 0 saturated heterocycles. The Morgan fingerprint density at radius 3 is 2.25 bits per heavy atom. The van der Waals surface area contributed by atoms with Crippen LogP contribution in [-0.2, 0) is 9.47 Å². The largest absolute Gasteiger partial charge is 0.498 e. The summed E-state index contributed by atoms with van der Waals surface area (Å²) in [5.41, 5.74) is 4.54. The molecule has 4 heteroatoms. The molecule has 0 saturated carbocycles. The fourth-order valence-corrected chi connectivity index (χ4v) is 0.278. The van der Waals surface area contributed by atoms with E-state index >= 15 is 0 Å². The van der Waals surface area contributed by atoms with Gasteiger partial charge in [-0.05, 0) is 6.92 Å². The van der Waals surface area contributed by atoms with Crippen LogP contribution in [0.5, 0.6) is 0 Å². The van der Waals surface area contributed by atoms with Crippen molar-refractivity contribution in [1.29, 1.82) is 0 Å². The highest BCUT2D eigenvalue weighted by molar-refractivity contribution is 5.64. The Labute approximate surface area is 72.6 Å². The maximum absolute atomic E-state index is 9.60. The second-order valence-corrected chi connectivity index (χ2v) is 1.54. The lowest BCUT2D eigenvalue weighted by molar-refractivity contribution is 0.163. The molecule has 4 nitrogen and oxygen atoms in total. The maximum Gasteiger partial charge on any atom is 0.404 e. The fourth-order valence-electron chi connectivity index (χ4n) is 0.278. The van der Waals surface area contributed by atoms with E-state index in [9.17, 15) is 4.79 Å². The van der Waals surface area contributed by atoms with Crippen molar-refractivity contribution in [1.82, 2.24) is 0 Å². The van der Waals surface area contributed by atoms with Crippen molar-refractivity contribution in [3.63, 3.8) is 0 Å². The molecular formula is C8H15NO3. The minimum absolute atomic E-state index is 0.356. The van der Waals surface area contributed by atoms with Gasteiger partial charge in [0.25, 0.3) is 0 Å². The highest BCUT2D eigenvalue weighted by atomic mass is 16.5. The third kappa shape index (κ3) is 23.5. The number of rotatable bonds is 4. The van der Waals surface area contributed by atoms with Gasteiger partial charge in [-0.25, -0.2) is 4.79 Å². The lowest BCUT2D eigenvalue weighted by Gasteiger charge is -1.89. The van der Waals surface area contributed by atoms with Crippen molar-refractivity contribution in [3.05, 3.63) is 25.5 Å². The zero-order valence-corrected chi connectivity index (χ0v) is 7.29. The molecule has 1 amide bonds. The van der Waals surface area contributed by atoms with Gasteiger partial charge in [0.15, 0.2) is 0 Å². The predicted octanol–water partition coefficient (Wildman–Crippen LogP) is 1.43. The molecule has 0 radical (unpaired) electrons. The molecule has 0 bridgehead atoms. The van der Waals surface area contributed by atoms with Gasteiger partial charge in [0.1, 0.15) is 6.61 Å². The van der Waals surface area contributed by atoms with Crippen molar-refractivity contribution >= 4 is 6.09 Å². The van der Waals surface area contributed by atoms with E-state index in [-0.39, 0.29) is 0 Å². The fraction of sp³-hybridized carbons (Fsp3) is 0.375. The second-order valence-electron chi connectivity index (χ2n) is 1.54. The lowest BCUT2D eigenvalue weighted by atomic mass is 10.7. The maximum atomic E-state index is 9.60. The first-order valence-electron chi connectivity index (χ1n) is 3.44. The molecule has 12 heavy (non-hydrogen) atoms. The Hall–Kier alpha value is -1.45. The molecule has 2 N–H and O–H groups in total. The molecule has 0 aliphatic heterocycles. The first-order chi connectivity index (χ1) is 5.68. The van der Waals surface area contributed by atoms with Crippen LogP contribution in [0, 0.1) is 0 Å². The van der Waals surface area contributed by atoms with E-state index in [1.807, 2.05) is 0 Å². The summed E-state index contributed by atoms with van der Waals surface area (Å²) in [5.74, 6) is 0. The summed E-state index contributed by atoms with van der Waals surface area (Å²) < 4.78 is 8.81. The van der Waals surface area contributed by atoms with E-state index in [0.717, 1.165) is 0 Å². The summed E-state index contributed by atoms with van der Waals surface area (Å²) in [4.78, 5) is 9.60. The lowest BCUT2D eigenvalue weighted by Crippen LogP contribution is -2.11. The summed E-state index contributed by atoms with van der Waals surface area (Å²) in [6.45, 7) is 9.37. The van der Waals surface area contributed by atoms with Crippen LogP contribution in [0.25, 0.3) is 0 Å². The molecule has 0 aromatic rings. The van der Waals surface area contributed by atoms with Crippen molar-refractivity contribution in [2.45, 2.75) is 6.92 Å². The molecular weight excluding hydrogens is 158 g/mol. The minimum atomic E-state index is -0.711. The summed E-state index contributed by atoms with van der Waals surface area (Å²) >= 11 is 0. The molecule has 0 aliphatic rings. The van der Waals surface area contributed by atoms with Crippen LogP contribution in [0.3, 0.4) is 0 Å². The predicted molar refractivity (Wildman–Crippen MR) is 47.6 cm³/mol. The van der Waals surface area contributed by atoms with Gasteiger partial charge in [0, 0.05) is 0 Å². The number of primary amides is 1. The van der Waals surface area contributed by atoms with Crippen molar-refractivity contribution in [2.75, 3.05) is 13.2 Å². The monoisotopic (exact) mass is 173 g/mol. The minimum Gasteiger partial charge on any atom is -0.498 e. The molecule has 0 spiro atoms. The van der Waals surface area contributed by atoms with Gasteiger partial charge < -0.3 is 15.2 Å². The van der Waals surface area contributed by atoms with Crippen LogP contribution in [0.4, 0.5) is 4.79 Å². The SMILES string of the molecule is C=CCOC=C.CCOC(N)=O. The van der Waals surface area contributed by atoms with E-state index in [4.69, 9.17) is 0 Å². The zero-order valence-electron chi connectivity index (χ0n) is 7.29. The number of amides is 1. The molecule has 0 aliphatic carbocycles. The van der Waals surface area contributed by atoms with Gasteiger partial charge in [0.05, 0.1) is 12.9 Å². The highest BCUT2D eigenvalue weighted by Gasteiger charge is 1.82. The zero-order chi connectivity index (χ0) is 9.82. The third-order valence-corrected chi connectivity index (χ3v) is 0.619. The highest BCUT2D eigenvalue weighted by Crippen LogP contribution is 1.70. The van der Waals surface area contributed by atoms with Gasteiger partial charge >= 0.3 is 6.09 Å². The van der Waals surface area contributed by atoms with Gasteiger partial charge in [-0.2, -0.15) is 0 Å². The van der Waals surface area contributed by atoms with Crippen LogP contribution >= 0.6 is 0 Å². The molecule has 0 heterocycles. The number of hydrogen-bond acceptors (Lipinski definition) is 3. The third-order valence-electron chi connectivity index (χ3n) is 0.619. The summed E-state index contributed by atoms with van der Waals surface area (Å²) in [5, 5.41) is 0. The van der Waals surface area contributed by atoms with Crippen LogP contribution in [0.2, 0.25) is 0 Å². The van der Waals surface area contributed by atoms with Crippen LogP contribution in [0.15, 0.2) is 25.5 Å². The first-order valence-corrected chi connectivity index (χ1v) is 3.44. The average Bonchev–Trinajstić information content (AvgIpc) is 2.02. The summed E-state index contributed by atoms with van der Waals surface area (Å²) in [6.07, 6.45) is 2.35. The van der Waals surface area contributed by atoms with Gasteiger partial charge in [-0.1, -0.05) is 19.2 Å². The Morgan fingerprint density at radius 2 is 2.17 bits per heavy atom. The van der Waals surface area contributed by atoms with Gasteiger partial charge in [0.2, 0.25) is 0 Å². The van der Waals surface area contributed by atoms with E-state index in [2.05, 4.69) is 28.4 Å².